The molecule has 0 saturated heterocycles. The molecule has 0 aliphatic rings. The first-order valence-electron chi connectivity index (χ1n) is 9.68. The molecule has 0 fully saturated rings. The van der Waals surface area contributed by atoms with Gasteiger partial charge in [0, 0.05) is 0 Å². The van der Waals surface area contributed by atoms with Crippen molar-refractivity contribution in [3.8, 4) is 17.2 Å². The fraction of sp³-hybridized carbons (Fsp3) is 0.167. The summed E-state index contributed by atoms with van der Waals surface area (Å²) in [6.07, 6.45) is 1.56. The van der Waals surface area contributed by atoms with E-state index in [1.807, 2.05) is 73.7 Å². The Hall–Kier alpha value is -3.80. The molecule has 30 heavy (non-hydrogen) atoms. The van der Waals surface area contributed by atoms with Crippen molar-refractivity contribution in [1.82, 2.24) is 5.43 Å². The molecule has 0 radical (unpaired) electrons. The van der Waals surface area contributed by atoms with E-state index in [0.29, 0.717) is 24.7 Å². The number of nitrogens with one attached hydrogen (secondary N) is 1. The summed E-state index contributed by atoms with van der Waals surface area (Å²) in [5.41, 5.74) is 4.36. The predicted molar refractivity (Wildman–Crippen MR) is 116 cm³/mol. The summed E-state index contributed by atoms with van der Waals surface area (Å²) < 4.78 is 16.8. The van der Waals surface area contributed by atoms with E-state index in [0.717, 1.165) is 16.9 Å². The van der Waals surface area contributed by atoms with Crippen molar-refractivity contribution in [2.24, 2.45) is 5.10 Å². The minimum absolute atomic E-state index is 0.165. The fourth-order valence-electron chi connectivity index (χ4n) is 2.62. The Labute approximate surface area is 176 Å². The van der Waals surface area contributed by atoms with Crippen molar-refractivity contribution in [3.63, 3.8) is 0 Å². The first-order chi connectivity index (χ1) is 14.7. The summed E-state index contributed by atoms with van der Waals surface area (Å²) in [4.78, 5) is 12.0. The molecular weight excluding hydrogens is 380 g/mol. The van der Waals surface area contributed by atoms with Crippen LogP contribution in [0.3, 0.4) is 0 Å². The van der Waals surface area contributed by atoms with Gasteiger partial charge >= 0.3 is 0 Å². The average Bonchev–Trinajstić information content (AvgIpc) is 2.78. The maximum atomic E-state index is 12.0. The van der Waals surface area contributed by atoms with Crippen LogP contribution < -0.4 is 19.6 Å². The van der Waals surface area contributed by atoms with Crippen LogP contribution in [-0.2, 0) is 11.4 Å². The van der Waals surface area contributed by atoms with Crippen LogP contribution in [0.15, 0.2) is 84.0 Å². The lowest BCUT2D eigenvalue weighted by molar-refractivity contribution is -0.123. The van der Waals surface area contributed by atoms with Gasteiger partial charge in [0.2, 0.25) is 0 Å². The summed E-state index contributed by atoms with van der Waals surface area (Å²) >= 11 is 0. The highest BCUT2D eigenvalue weighted by Gasteiger charge is 2.06. The van der Waals surface area contributed by atoms with Crippen LogP contribution in [0, 0.1) is 0 Å². The first-order valence-corrected chi connectivity index (χ1v) is 9.68. The number of rotatable bonds is 10. The van der Waals surface area contributed by atoms with E-state index in [4.69, 9.17) is 14.2 Å². The summed E-state index contributed by atoms with van der Waals surface area (Å²) in [6.45, 7) is 2.73. The molecule has 0 unspecified atom stereocenters. The minimum atomic E-state index is -0.367. The number of para-hydroxylation sites is 2. The Morgan fingerprint density at radius 2 is 1.63 bits per heavy atom. The van der Waals surface area contributed by atoms with Gasteiger partial charge < -0.3 is 14.2 Å². The lowest BCUT2D eigenvalue weighted by Crippen LogP contribution is -2.24. The molecule has 0 saturated carbocycles. The largest absolute Gasteiger partial charge is 0.490 e. The Morgan fingerprint density at radius 3 is 2.40 bits per heavy atom. The molecule has 3 rings (SSSR count). The second-order valence-electron chi connectivity index (χ2n) is 6.31. The maximum Gasteiger partial charge on any atom is 0.277 e. The number of benzene rings is 3. The normalized spacial score (nSPS) is 10.6. The summed E-state index contributed by atoms with van der Waals surface area (Å²) in [5.74, 6) is 1.48. The van der Waals surface area contributed by atoms with E-state index in [2.05, 4.69) is 10.5 Å². The van der Waals surface area contributed by atoms with Gasteiger partial charge in [-0.1, -0.05) is 54.6 Å². The topological polar surface area (TPSA) is 69.2 Å². The van der Waals surface area contributed by atoms with Gasteiger partial charge in [0.25, 0.3) is 5.91 Å². The van der Waals surface area contributed by atoms with Crippen molar-refractivity contribution < 1.29 is 19.0 Å². The highest BCUT2D eigenvalue weighted by Crippen LogP contribution is 2.26. The molecule has 6 heteroatoms. The number of carbonyl (C=O) groups excluding carboxylic acids is 1. The summed E-state index contributed by atoms with van der Waals surface area (Å²) in [7, 11) is 0. The zero-order valence-corrected chi connectivity index (χ0v) is 16.8. The fourth-order valence-corrected chi connectivity index (χ4v) is 2.62. The van der Waals surface area contributed by atoms with E-state index >= 15 is 0 Å². The number of hydrogen-bond donors (Lipinski definition) is 1. The van der Waals surface area contributed by atoms with Crippen LogP contribution in [0.1, 0.15) is 18.1 Å². The Balaban J connectivity index is 1.47. The number of hydrogen-bond acceptors (Lipinski definition) is 5. The van der Waals surface area contributed by atoms with Crippen molar-refractivity contribution >= 4 is 12.1 Å². The zero-order valence-electron chi connectivity index (χ0n) is 16.8. The number of ether oxygens (including phenoxy) is 3. The monoisotopic (exact) mass is 404 g/mol. The van der Waals surface area contributed by atoms with Gasteiger partial charge in [0.05, 0.1) is 12.8 Å². The molecule has 0 aromatic heterocycles. The number of hydrazone groups is 1. The number of nitrogens with zero attached hydrogens (tertiary/aromatic N) is 1. The van der Waals surface area contributed by atoms with Crippen LogP contribution in [0.4, 0.5) is 0 Å². The third-order valence-corrected chi connectivity index (χ3v) is 4.02. The third kappa shape index (κ3) is 6.67. The number of carbonyl (C=O) groups is 1. The van der Waals surface area contributed by atoms with Crippen molar-refractivity contribution in [2.75, 3.05) is 13.2 Å². The van der Waals surface area contributed by atoms with Gasteiger partial charge in [-0.05, 0) is 42.3 Å². The molecule has 3 aromatic rings. The van der Waals surface area contributed by atoms with Crippen LogP contribution in [0.2, 0.25) is 0 Å². The van der Waals surface area contributed by atoms with Crippen molar-refractivity contribution in [1.29, 1.82) is 0 Å². The molecule has 0 aliphatic heterocycles. The van der Waals surface area contributed by atoms with Crippen molar-refractivity contribution in [2.45, 2.75) is 13.5 Å². The molecule has 0 bridgehead atoms. The Bertz CT molecular complexity index is 974. The van der Waals surface area contributed by atoms with E-state index in [1.54, 1.807) is 18.3 Å². The molecule has 1 N–H and O–H groups in total. The molecular formula is C24H24N2O4. The van der Waals surface area contributed by atoms with Gasteiger partial charge in [-0.2, -0.15) is 5.10 Å². The van der Waals surface area contributed by atoms with Crippen LogP contribution >= 0.6 is 0 Å². The lowest BCUT2D eigenvalue weighted by Gasteiger charge is -2.10. The van der Waals surface area contributed by atoms with E-state index in [9.17, 15) is 4.79 Å². The predicted octanol–water partition coefficient (Wildman–Crippen LogP) is 4.19. The minimum Gasteiger partial charge on any atom is -0.490 e. The first kappa shape index (κ1) is 20.9. The SMILES string of the molecule is CCOc1ccccc1OCC(=O)NN=Cc1cccc(OCc2ccccc2)c1. The molecule has 3 aromatic carbocycles. The van der Waals surface area contributed by atoms with Crippen LogP contribution in [0.25, 0.3) is 0 Å². The van der Waals surface area contributed by atoms with Gasteiger partial charge in [-0.15, -0.1) is 0 Å². The third-order valence-electron chi connectivity index (χ3n) is 4.02. The second-order valence-corrected chi connectivity index (χ2v) is 6.31. The van der Waals surface area contributed by atoms with E-state index < -0.39 is 0 Å². The molecule has 0 spiro atoms. The summed E-state index contributed by atoms with van der Waals surface area (Å²) in [5, 5.41) is 3.98. The van der Waals surface area contributed by atoms with Gasteiger partial charge in [0.1, 0.15) is 12.4 Å². The van der Waals surface area contributed by atoms with E-state index in [1.165, 1.54) is 0 Å². The highest BCUT2D eigenvalue weighted by molar-refractivity contribution is 5.83. The average molecular weight is 404 g/mol. The Morgan fingerprint density at radius 1 is 0.900 bits per heavy atom. The lowest BCUT2D eigenvalue weighted by atomic mass is 10.2. The molecule has 6 nitrogen and oxygen atoms in total. The molecule has 0 heterocycles. The standard InChI is InChI=1S/C24H24N2O4/c1-2-28-22-13-6-7-14-23(22)30-18-24(27)26-25-16-20-11-8-12-21(15-20)29-17-19-9-4-3-5-10-19/h3-16H,2,17-18H2,1H3,(H,26,27). The molecule has 0 atom stereocenters. The van der Waals surface area contributed by atoms with Crippen molar-refractivity contribution in [3.05, 3.63) is 90.0 Å². The van der Waals surface area contributed by atoms with E-state index in [-0.39, 0.29) is 12.5 Å². The van der Waals surface area contributed by atoms with Crippen LogP contribution in [-0.4, -0.2) is 25.3 Å². The van der Waals surface area contributed by atoms with Gasteiger partial charge in [0.15, 0.2) is 18.1 Å². The van der Waals surface area contributed by atoms with Gasteiger partial charge in [-0.3, -0.25) is 4.79 Å². The highest BCUT2D eigenvalue weighted by atomic mass is 16.5. The molecule has 0 aliphatic carbocycles. The maximum absolute atomic E-state index is 12.0. The number of amides is 1. The quantitative estimate of drug-likeness (QED) is 0.406. The Kier molecular flexibility index (Phi) is 7.85. The molecule has 154 valence electrons. The zero-order chi connectivity index (χ0) is 21.0. The second kappa shape index (κ2) is 11.3. The summed E-state index contributed by atoms with van der Waals surface area (Å²) in [6, 6.07) is 24.6. The molecule has 1 amide bonds. The van der Waals surface area contributed by atoms with Crippen LogP contribution in [0.5, 0.6) is 17.2 Å². The van der Waals surface area contributed by atoms with Gasteiger partial charge in [-0.25, -0.2) is 5.43 Å². The smallest absolute Gasteiger partial charge is 0.277 e.